The lowest BCUT2D eigenvalue weighted by molar-refractivity contribution is -0.138. The molecule has 134 valence electrons. The maximum absolute atomic E-state index is 13.0. The zero-order valence-electron chi connectivity index (χ0n) is 14.8. The van der Waals surface area contributed by atoms with Gasteiger partial charge in [0.25, 0.3) is 5.91 Å². The number of fused-ring (bicyclic) bond motifs is 4. The van der Waals surface area contributed by atoms with Crippen molar-refractivity contribution < 1.29 is 14.3 Å². The molecule has 5 heteroatoms. The number of nitrogens with zero attached hydrogens (tertiary/aromatic N) is 2. The summed E-state index contributed by atoms with van der Waals surface area (Å²) in [6.45, 7) is 1.10. The lowest BCUT2D eigenvalue weighted by atomic mass is 9.95. The van der Waals surface area contributed by atoms with E-state index in [1.165, 1.54) is 0 Å². The minimum absolute atomic E-state index is 0.0384. The average Bonchev–Trinajstić information content (AvgIpc) is 2.95. The molecule has 0 spiro atoms. The molecule has 0 aliphatic carbocycles. The SMILES string of the molecule is CN1C(=O)C2CCC1CN(C(=O)c1cccc(Oc3ccccc3)c1)C2. The van der Waals surface area contributed by atoms with E-state index in [9.17, 15) is 9.59 Å². The Kier molecular flexibility index (Phi) is 4.37. The number of piperidine rings is 1. The third-order valence-corrected chi connectivity index (χ3v) is 5.31. The first-order valence-electron chi connectivity index (χ1n) is 9.01. The number of benzene rings is 2. The summed E-state index contributed by atoms with van der Waals surface area (Å²) in [6, 6.07) is 16.9. The third-order valence-electron chi connectivity index (χ3n) is 5.31. The number of hydrogen-bond acceptors (Lipinski definition) is 3. The Morgan fingerprint density at radius 1 is 1.00 bits per heavy atom. The fourth-order valence-corrected chi connectivity index (χ4v) is 3.82. The molecule has 2 amide bonds. The van der Waals surface area contributed by atoms with E-state index < -0.39 is 0 Å². The highest BCUT2D eigenvalue weighted by atomic mass is 16.5. The van der Waals surface area contributed by atoms with Gasteiger partial charge in [0, 0.05) is 31.7 Å². The number of rotatable bonds is 3. The van der Waals surface area contributed by atoms with Crippen LogP contribution in [0.15, 0.2) is 54.6 Å². The molecule has 3 heterocycles. The molecule has 5 nitrogen and oxygen atoms in total. The van der Waals surface area contributed by atoms with Crippen LogP contribution >= 0.6 is 0 Å². The minimum Gasteiger partial charge on any atom is -0.457 e. The largest absolute Gasteiger partial charge is 0.457 e. The first-order valence-corrected chi connectivity index (χ1v) is 9.01. The fraction of sp³-hybridized carbons (Fsp3) is 0.333. The molecule has 2 unspecified atom stereocenters. The predicted octanol–water partition coefficient (Wildman–Crippen LogP) is 3.17. The van der Waals surface area contributed by atoms with Gasteiger partial charge in [0.2, 0.25) is 5.91 Å². The Balaban J connectivity index is 1.53. The maximum atomic E-state index is 13.0. The van der Waals surface area contributed by atoms with Gasteiger partial charge in [-0.05, 0) is 43.2 Å². The monoisotopic (exact) mass is 350 g/mol. The molecular weight excluding hydrogens is 328 g/mol. The lowest BCUT2D eigenvalue weighted by Gasteiger charge is -2.32. The van der Waals surface area contributed by atoms with Crippen molar-refractivity contribution in [3.05, 3.63) is 60.2 Å². The first-order chi connectivity index (χ1) is 12.6. The number of para-hydroxylation sites is 1. The van der Waals surface area contributed by atoms with E-state index in [1.54, 1.807) is 12.1 Å². The maximum Gasteiger partial charge on any atom is 0.254 e. The molecule has 3 aliphatic heterocycles. The summed E-state index contributed by atoms with van der Waals surface area (Å²) in [5.74, 6) is 1.41. The highest BCUT2D eigenvalue weighted by Gasteiger charge is 2.40. The second kappa shape index (κ2) is 6.83. The molecule has 2 bridgehead atoms. The zero-order valence-corrected chi connectivity index (χ0v) is 14.8. The van der Waals surface area contributed by atoms with Crippen LogP contribution in [0.4, 0.5) is 0 Å². The molecule has 3 aliphatic rings. The number of carbonyl (C=O) groups is 2. The van der Waals surface area contributed by atoms with Crippen LogP contribution in [0.3, 0.4) is 0 Å². The van der Waals surface area contributed by atoms with Crippen molar-refractivity contribution in [3.63, 3.8) is 0 Å². The van der Waals surface area contributed by atoms with Crippen molar-refractivity contribution in [3.8, 4) is 11.5 Å². The van der Waals surface area contributed by atoms with Gasteiger partial charge in [-0.25, -0.2) is 0 Å². The van der Waals surface area contributed by atoms with Gasteiger partial charge in [0.15, 0.2) is 0 Å². The summed E-state index contributed by atoms with van der Waals surface area (Å²) in [5, 5.41) is 0. The Bertz CT molecular complexity index is 821. The van der Waals surface area contributed by atoms with E-state index in [0.29, 0.717) is 24.4 Å². The van der Waals surface area contributed by atoms with Crippen LogP contribution < -0.4 is 4.74 Å². The molecule has 26 heavy (non-hydrogen) atoms. The normalized spacial score (nSPS) is 22.3. The molecule has 3 saturated heterocycles. The summed E-state index contributed by atoms with van der Waals surface area (Å²) < 4.78 is 5.84. The summed E-state index contributed by atoms with van der Waals surface area (Å²) >= 11 is 0. The van der Waals surface area contributed by atoms with E-state index in [-0.39, 0.29) is 23.8 Å². The zero-order chi connectivity index (χ0) is 18.1. The molecular formula is C21H22N2O3. The summed E-state index contributed by atoms with van der Waals surface area (Å²) in [5.41, 5.74) is 0.592. The topological polar surface area (TPSA) is 49.9 Å². The van der Waals surface area contributed by atoms with Crippen molar-refractivity contribution >= 4 is 11.8 Å². The van der Waals surface area contributed by atoms with E-state index in [4.69, 9.17) is 4.74 Å². The molecule has 0 radical (unpaired) electrons. The number of hydrogen-bond donors (Lipinski definition) is 0. The Labute approximate surface area is 153 Å². The quantitative estimate of drug-likeness (QED) is 0.854. The summed E-state index contributed by atoms with van der Waals surface area (Å²) in [7, 11) is 1.85. The molecule has 2 aromatic carbocycles. The molecule has 0 saturated carbocycles. The number of amides is 2. The van der Waals surface area contributed by atoms with Crippen molar-refractivity contribution in [2.75, 3.05) is 20.1 Å². The van der Waals surface area contributed by atoms with Gasteiger partial charge in [0.1, 0.15) is 11.5 Å². The molecule has 3 fully saturated rings. The van der Waals surface area contributed by atoms with E-state index in [0.717, 1.165) is 18.6 Å². The van der Waals surface area contributed by atoms with Gasteiger partial charge >= 0.3 is 0 Å². The highest BCUT2D eigenvalue weighted by molar-refractivity contribution is 5.95. The standard InChI is InChI=1S/C21H22N2O3/c1-22-17-11-10-16(20(22)24)13-23(14-17)21(25)15-6-5-9-19(12-15)26-18-7-3-2-4-8-18/h2-9,12,16-17H,10-11,13-14H2,1H3. The van der Waals surface area contributed by atoms with Crippen LogP contribution in [0.1, 0.15) is 23.2 Å². The van der Waals surface area contributed by atoms with Crippen LogP contribution in [0.2, 0.25) is 0 Å². The smallest absolute Gasteiger partial charge is 0.254 e. The van der Waals surface area contributed by atoms with Crippen LogP contribution in [-0.2, 0) is 4.79 Å². The second-order valence-corrected chi connectivity index (χ2v) is 7.03. The second-order valence-electron chi connectivity index (χ2n) is 7.03. The Hall–Kier alpha value is -2.82. The van der Waals surface area contributed by atoms with Crippen molar-refractivity contribution in [1.82, 2.24) is 9.80 Å². The van der Waals surface area contributed by atoms with E-state index in [1.807, 2.05) is 59.3 Å². The first kappa shape index (κ1) is 16.6. The van der Waals surface area contributed by atoms with E-state index in [2.05, 4.69) is 0 Å². The van der Waals surface area contributed by atoms with Gasteiger partial charge in [-0.2, -0.15) is 0 Å². The number of ether oxygens (including phenoxy) is 1. The van der Waals surface area contributed by atoms with E-state index >= 15 is 0 Å². The van der Waals surface area contributed by atoms with Gasteiger partial charge in [-0.15, -0.1) is 0 Å². The summed E-state index contributed by atoms with van der Waals surface area (Å²) in [4.78, 5) is 29.0. The number of likely N-dealkylation sites (N-methyl/N-ethyl adjacent to an activating group) is 1. The molecule has 0 aromatic heterocycles. The van der Waals surface area contributed by atoms with Crippen LogP contribution in [0.25, 0.3) is 0 Å². The fourth-order valence-electron chi connectivity index (χ4n) is 3.82. The van der Waals surface area contributed by atoms with Gasteiger partial charge in [-0.1, -0.05) is 24.3 Å². The van der Waals surface area contributed by atoms with Crippen LogP contribution in [0.5, 0.6) is 11.5 Å². The molecule has 0 N–H and O–H groups in total. The predicted molar refractivity (Wildman–Crippen MR) is 98.1 cm³/mol. The van der Waals surface area contributed by atoms with Gasteiger partial charge in [-0.3, -0.25) is 9.59 Å². The molecule has 2 atom stereocenters. The Morgan fingerprint density at radius 3 is 2.58 bits per heavy atom. The van der Waals surface area contributed by atoms with Crippen molar-refractivity contribution in [2.24, 2.45) is 5.92 Å². The highest BCUT2D eigenvalue weighted by Crippen LogP contribution is 2.29. The van der Waals surface area contributed by atoms with Crippen molar-refractivity contribution in [2.45, 2.75) is 18.9 Å². The molecule has 2 aromatic rings. The van der Waals surface area contributed by atoms with Gasteiger partial charge < -0.3 is 14.5 Å². The third kappa shape index (κ3) is 3.17. The number of carbonyl (C=O) groups excluding carboxylic acids is 2. The summed E-state index contributed by atoms with van der Waals surface area (Å²) in [6.07, 6.45) is 1.84. The van der Waals surface area contributed by atoms with Crippen LogP contribution in [0, 0.1) is 5.92 Å². The average molecular weight is 350 g/mol. The Morgan fingerprint density at radius 2 is 1.77 bits per heavy atom. The lowest BCUT2D eigenvalue weighted by Crippen LogP contribution is -2.45. The molecule has 5 rings (SSSR count). The van der Waals surface area contributed by atoms with Crippen LogP contribution in [-0.4, -0.2) is 47.8 Å². The van der Waals surface area contributed by atoms with Gasteiger partial charge in [0.05, 0.1) is 5.92 Å². The van der Waals surface area contributed by atoms with Crippen molar-refractivity contribution in [1.29, 1.82) is 0 Å². The minimum atomic E-state index is -0.0774.